The molecule has 1 atom stereocenters. The highest BCUT2D eigenvalue weighted by molar-refractivity contribution is 6.20. The van der Waals surface area contributed by atoms with Crippen molar-refractivity contribution in [3.8, 4) is 0 Å². The van der Waals surface area contributed by atoms with Gasteiger partial charge in [-0.15, -0.1) is 0 Å². The average Bonchev–Trinajstić information content (AvgIpc) is 2.80. The number of hydrogen-bond acceptors (Lipinski definition) is 2. The normalized spacial score (nSPS) is 17.1. The Morgan fingerprint density at radius 2 is 1.59 bits per heavy atom. The second-order valence-electron chi connectivity index (χ2n) is 5.88. The van der Waals surface area contributed by atoms with Crippen LogP contribution in [0.25, 0.3) is 10.8 Å². The van der Waals surface area contributed by atoms with E-state index in [1.807, 2.05) is 37.3 Å². The van der Waals surface area contributed by atoms with E-state index in [1.165, 1.54) is 5.56 Å². The third kappa shape index (κ3) is 1.70. The molecule has 22 heavy (non-hydrogen) atoms. The van der Waals surface area contributed by atoms with E-state index in [0.717, 1.165) is 27.7 Å². The van der Waals surface area contributed by atoms with Crippen LogP contribution in [0.5, 0.6) is 0 Å². The number of Topliss-reactive ketones (excluding diaryl/α,β-unsaturated/α-hetero) is 1. The predicted molar refractivity (Wildman–Crippen MR) is 91.1 cm³/mol. The Morgan fingerprint density at radius 3 is 2.41 bits per heavy atom. The Morgan fingerprint density at radius 1 is 0.864 bits per heavy atom. The summed E-state index contributed by atoms with van der Waals surface area (Å²) in [6.07, 6.45) is 0. The van der Waals surface area contributed by atoms with Crippen LogP contribution in [0.3, 0.4) is 0 Å². The molecule has 0 bridgehead atoms. The predicted octanol–water partition coefficient (Wildman–Crippen LogP) is 4.87. The van der Waals surface area contributed by atoms with Gasteiger partial charge in [0.05, 0.1) is 17.3 Å². The minimum absolute atomic E-state index is 0.165. The molecule has 1 unspecified atom stereocenters. The van der Waals surface area contributed by atoms with Gasteiger partial charge >= 0.3 is 0 Å². The van der Waals surface area contributed by atoms with Crippen molar-refractivity contribution in [2.45, 2.75) is 19.9 Å². The van der Waals surface area contributed by atoms with Crippen molar-refractivity contribution in [3.63, 3.8) is 0 Å². The molecule has 0 radical (unpaired) electrons. The Bertz CT molecular complexity index is 897. The second-order valence-corrected chi connectivity index (χ2v) is 5.88. The number of anilines is 2. The molecular weight excluding hydrogens is 270 g/mol. The maximum atomic E-state index is 12.9. The molecule has 3 aromatic rings. The number of benzene rings is 3. The first kappa shape index (κ1) is 13.1. The van der Waals surface area contributed by atoms with Crippen molar-refractivity contribution in [2.75, 3.05) is 4.90 Å². The number of rotatable bonds is 1. The second kappa shape index (κ2) is 4.70. The van der Waals surface area contributed by atoms with Gasteiger partial charge in [-0.25, -0.2) is 0 Å². The first-order chi connectivity index (χ1) is 10.7. The Balaban J connectivity index is 2.01. The maximum Gasteiger partial charge on any atom is 0.188 e. The molecule has 0 N–H and O–H groups in total. The van der Waals surface area contributed by atoms with E-state index in [9.17, 15) is 4.79 Å². The van der Waals surface area contributed by atoms with Crippen molar-refractivity contribution in [2.24, 2.45) is 0 Å². The number of fused-ring (bicyclic) bond motifs is 3. The molecule has 4 rings (SSSR count). The fourth-order valence-corrected chi connectivity index (χ4v) is 3.43. The van der Waals surface area contributed by atoms with Gasteiger partial charge in [0.2, 0.25) is 0 Å². The minimum Gasteiger partial charge on any atom is -0.330 e. The van der Waals surface area contributed by atoms with Crippen molar-refractivity contribution in [1.82, 2.24) is 0 Å². The van der Waals surface area contributed by atoms with Crippen LogP contribution in [0.15, 0.2) is 60.7 Å². The van der Waals surface area contributed by atoms with Crippen molar-refractivity contribution in [3.05, 3.63) is 71.8 Å². The van der Waals surface area contributed by atoms with Crippen molar-refractivity contribution in [1.29, 1.82) is 0 Å². The van der Waals surface area contributed by atoms with Gasteiger partial charge in [-0.3, -0.25) is 4.79 Å². The molecule has 0 saturated carbocycles. The SMILES string of the molecule is Cc1ccccc1N1c2ccc3ccccc3c2C(=O)C1C. The molecule has 2 nitrogen and oxygen atoms in total. The van der Waals surface area contributed by atoms with Crippen LogP contribution in [0.2, 0.25) is 0 Å². The summed E-state index contributed by atoms with van der Waals surface area (Å²) in [6, 6.07) is 20.4. The number of hydrogen-bond donors (Lipinski definition) is 0. The number of carbonyl (C=O) groups is 1. The van der Waals surface area contributed by atoms with Gasteiger partial charge in [0, 0.05) is 5.69 Å². The third-order valence-electron chi connectivity index (χ3n) is 4.55. The summed E-state index contributed by atoms with van der Waals surface area (Å²) in [5.41, 5.74) is 4.17. The summed E-state index contributed by atoms with van der Waals surface area (Å²) in [4.78, 5) is 15.0. The van der Waals surface area contributed by atoms with E-state index in [0.29, 0.717) is 0 Å². The van der Waals surface area contributed by atoms with Crippen molar-refractivity contribution >= 4 is 27.9 Å². The lowest BCUT2D eigenvalue weighted by Crippen LogP contribution is -2.28. The molecule has 0 amide bonds. The van der Waals surface area contributed by atoms with E-state index in [1.54, 1.807) is 0 Å². The Kier molecular flexibility index (Phi) is 2.80. The molecule has 2 heteroatoms. The molecule has 0 fully saturated rings. The molecule has 0 aromatic heterocycles. The smallest absolute Gasteiger partial charge is 0.188 e. The summed E-state index contributed by atoms with van der Waals surface area (Å²) in [5.74, 6) is 0.204. The maximum absolute atomic E-state index is 12.9. The standard InChI is InChI=1S/C20H17NO/c1-13-7-3-6-10-17(13)21-14(2)20(22)19-16-9-5-4-8-15(16)11-12-18(19)21/h3-12,14H,1-2H3. The molecule has 1 aliphatic heterocycles. The highest BCUT2D eigenvalue weighted by Gasteiger charge is 2.36. The van der Waals surface area contributed by atoms with E-state index in [4.69, 9.17) is 0 Å². The Hall–Kier alpha value is -2.61. The number of aryl methyl sites for hydroxylation is 1. The van der Waals surface area contributed by atoms with Crippen LogP contribution in [-0.2, 0) is 0 Å². The lowest BCUT2D eigenvalue weighted by Gasteiger charge is -2.25. The van der Waals surface area contributed by atoms with Gasteiger partial charge < -0.3 is 4.90 Å². The third-order valence-corrected chi connectivity index (χ3v) is 4.55. The van der Waals surface area contributed by atoms with Gasteiger partial charge in [-0.1, -0.05) is 48.5 Å². The molecule has 1 aliphatic rings. The van der Waals surface area contributed by atoms with Crippen LogP contribution in [0, 0.1) is 6.92 Å². The number of ketones is 1. The van der Waals surface area contributed by atoms with E-state index in [2.05, 4.69) is 42.2 Å². The quantitative estimate of drug-likeness (QED) is 0.636. The molecule has 108 valence electrons. The van der Waals surface area contributed by atoms with Gasteiger partial charge in [0.1, 0.15) is 0 Å². The number of carbonyl (C=O) groups excluding carboxylic acids is 1. The number of nitrogens with zero attached hydrogens (tertiary/aromatic N) is 1. The monoisotopic (exact) mass is 287 g/mol. The van der Waals surface area contributed by atoms with Crippen LogP contribution in [0.4, 0.5) is 11.4 Å². The summed E-state index contributed by atoms with van der Waals surface area (Å²) in [7, 11) is 0. The minimum atomic E-state index is -0.165. The summed E-state index contributed by atoms with van der Waals surface area (Å²) in [5, 5.41) is 2.17. The van der Waals surface area contributed by atoms with Gasteiger partial charge in [0.25, 0.3) is 0 Å². The van der Waals surface area contributed by atoms with Crippen LogP contribution < -0.4 is 4.90 Å². The van der Waals surface area contributed by atoms with E-state index >= 15 is 0 Å². The van der Waals surface area contributed by atoms with Crippen molar-refractivity contribution < 1.29 is 4.79 Å². The van der Waals surface area contributed by atoms with Crippen LogP contribution in [-0.4, -0.2) is 11.8 Å². The highest BCUT2D eigenvalue weighted by atomic mass is 16.1. The highest BCUT2D eigenvalue weighted by Crippen LogP contribution is 2.42. The Labute approximate surface area is 130 Å². The van der Waals surface area contributed by atoms with Gasteiger partial charge in [-0.2, -0.15) is 0 Å². The molecule has 3 aromatic carbocycles. The molecule has 0 saturated heterocycles. The molecule has 0 aliphatic carbocycles. The topological polar surface area (TPSA) is 20.3 Å². The lowest BCUT2D eigenvalue weighted by molar-refractivity contribution is 0.0981. The van der Waals surface area contributed by atoms with Crippen LogP contribution in [0.1, 0.15) is 22.8 Å². The van der Waals surface area contributed by atoms with E-state index < -0.39 is 0 Å². The summed E-state index contributed by atoms with van der Waals surface area (Å²) in [6.45, 7) is 4.08. The summed E-state index contributed by atoms with van der Waals surface area (Å²) >= 11 is 0. The average molecular weight is 287 g/mol. The zero-order chi connectivity index (χ0) is 15.3. The first-order valence-electron chi connectivity index (χ1n) is 7.59. The molecular formula is C20H17NO. The zero-order valence-electron chi connectivity index (χ0n) is 12.7. The fourth-order valence-electron chi connectivity index (χ4n) is 3.43. The van der Waals surface area contributed by atoms with Gasteiger partial charge in [0.15, 0.2) is 5.78 Å². The molecule has 0 spiro atoms. The fraction of sp³-hybridized carbons (Fsp3) is 0.150. The van der Waals surface area contributed by atoms with E-state index in [-0.39, 0.29) is 11.8 Å². The zero-order valence-corrected chi connectivity index (χ0v) is 12.7. The van der Waals surface area contributed by atoms with Gasteiger partial charge in [-0.05, 0) is 42.3 Å². The van der Waals surface area contributed by atoms with Crippen LogP contribution >= 0.6 is 0 Å². The largest absolute Gasteiger partial charge is 0.330 e. The molecule has 1 heterocycles. The number of para-hydroxylation sites is 1. The summed E-state index contributed by atoms with van der Waals surface area (Å²) < 4.78 is 0. The lowest BCUT2D eigenvalue weighted by atomic mass is 10.0. The first-order valence-corrected chi connectivity index (χ1v) is 7.59.